The minimum Gasteiger partial charge on any atom is -0.353 e. The van der Waals surface area contributed by atoms with E-state index >= 15 is 0 Å². The highest BCUT2D eigenvalue weighted by atomic mass is 79.9. The Labute approximate surface area is 67.3 Å². The van der Waals surface area contributed by atoms with Crippen LogP contribution >= 0.6 is 15.9 Å². The van der Waals surface area contributed by atoms with Gasteiger partial charge in [-0.15, -0.1) is 0 Å². The van der Waals surface area contributed by atoms with Gasteiger partial charge in [0.2, 0.25) is 4.70 Å². The van der Waals surface area contributed by atoms with Crippen molar-refractivity contribution in [1.82, 2.24) is 0 Å². The highest BCUT2D eigenvalue weighted by Gasteiger charge is 2.19. The van der Waals surface area contributed by atoms with Gasteiger partial charge in [-0.05, 0) is 15.9 Å². The maximum atomic E-state index is 8.96. The first-order valence-electron chi connectivity index (χ1n) is 2.80. The third kappa shape index (κ3) is 1.80. The Morgan fingerprint density at radius 1 is 1.10 bits per heavy atom. The van der Waals surface area contributed by atoms with Crippen LogP contribution in [0.15, 0.2) is 30.3 Å². The molecule has 0 aliphatic heterocycles. The lowest BCUT2D eigenvalue weighted by Crippen LogP contribution is -2.14. The van der Waals surface area contributed by atoms with Crippen molar-refractivity contribution in [2.45, 2.75) is 4.70 Å². The van der Waals surface area contributed by atoms with Crippen LogP contribution in [0.2, 0.25) is 0 Å². The summed E-state index contributed by atoms with van der Waals surface area (Å²) in [7, 11) is 0. The zero-order chi connectivity index (χ0) is 7.61. The molecule has 0 radical (unpaired) electrons. The second-order valence-electron chi connectivity index (χ2n) is 1.95. The zero-order valence-electron chi connectivity index (χ0n) is 5.16. The van der Waals surface area contributed by atoms with Crippen LogP contribution in [0.5, 0.6) is 0 Å². The maximum Gasteiger partial charge on any atom is 0.249 e. The molecule has 0 aliphatic rings. The largest absolute Gasteiger partial charge is 0.353 e. The molecule has 3 heteroatoms. The van der Waals surface area contributed by atoms with Crippen molar-refractivity contribution >= 4 is 15.9 Å². The fourth-order valence-electron chi connectivity index (χ4n) is 0.650. The van der Waals surface area contributed by atoms with Gasteiger partial charge in [-0.25, -0.2) is 0 Å². The third-order valence-electron chi connectivity index (χ3n) is 1.14. The van der Waals surface area contributed by atoms with Gasteiger partial charge in [0, 0.05) is 5.56 Å². The number of halogens is 1. The standard InChI is InChI=1S/C7H7BrO2/c8-7(9,10)6-4-2-1-3-5-6/h1-5,9-10H. The van der Waals surface area contributed by atoms with Crippen LogP contribution in [-0.4, -0.2) is 10.2 Å². The van der Waals surface area contributed by atoms with Gasteiger partial charge in [0.05, 0.1) is 0 Å². The quantitative estimate of drug-likeness (QED) is 0.531. The average Bonchev–Trinajstić information content (AvgIpc) is 1.88. The summed E-state index contributed by atoms with van der Waals surface area (Å²) in [4.78, 5) is 0. The van der Waals surface area contributed by atoms with Gasteiger partial charge in [-0.2, -0.15) is 0 Å². The topological polar surface area (TPSA) is 40.5 Å². The molecule has 10 heavy (non-hydrogen) atoms. The Kier molecular flexibility index (Phi) is 2.08. The number of benzene rings is 1. The van der Waals surface area contributed by atoms with E-state index in [1.165, 1.54) is 0 Å². The third-order valence-corrected chi connectivity index (χ3v) is 1.60. The van der Waals surface area contributed by atoms with Crippen molar-refractivity contribution in [1.29, 1.82) is 0 Å². The fourth-order valence-corrected chi connectivity index (χ4v) is 0.915. The molecule has 54 valence electrons. The zero-order valence-corrected chi connectivity index (χ0v) is 6.75. The molecule has 0 aromatic heterocycles. The Hall–Kier alpha value is -0.380. The van der Waals surface area contributed by atoms with Crippen molar-refractivity contribution in [2.24, 2.45) is 0 Å². The number of rotatable bonds is 1. The molecule has 0 fully saturated rings. The lowest BCUT2D eigenvalue weighted by molar-refractivity contribution is -0.0741. The van der Waals surface area contributed by atoms with E-state index in [0.717, 1.165) is 0 Å². The predicted molar refractivity (Wildman–Crippen MR) is 41.5 cm³/mol. The summed E-state index contributed by atoms with van der Waals surface area (Å²) in [5, 5.41) is 17.9. The Balaban J connectivity index is 2.97. The summed E-state index contributed by atoms with van der Waals surface area (Å²) >= 11 is 2.70. The lowest BCUT2D eigenvalue weighted by atomic mass is 10.2. The minimum atomic E-state index is -1.89. The SMILES string of the molecule is OC(O)(Br)c1ccccc1. The molecule has 2 N–H and O–H groups in total. The van der Waals surface area contributed by atoms with Crippen LogP contribution in [0.25, 0.3) is 0 Å². The summed E-state index contributed by atoms with van der Waals surface area (Å²) < 4.78 is -1.89. The smallest absolute Gasteiger partial charge is 0.249 e. The number of hydrogen-bond donors (Lipinski definition) is 2. The number of aliphatic hydroxyl groups is 2. The van der Waals surface area contributed by atoms with E-state index in [2.05, 4.69) is 15.9 Å². The van der Waals surface area contributed by atoms with E-state index in [0.29, 0.717) is 5.56 Å². The van der Waals surface area contributed by atoms with E-state index < -0.39 is 4.70 Å². The summed E-state index contributed by atoms with van der Waals surface area (Å²) in [6.45, 7) is 0. The molecule has 2 nitrogen and oxygen atoms in total. The summed E-state index contributed by atoms with van der Waals surface area (Å²) in [5.41, 5.74) is 0.426. The van der Waals surface area contributed by atoms with Crippen molar-refractivity contribution < 1.29 is 10.2 Å². The number of alkyl halides is 1. The van der Waals surface area contributed by atoms with Crippen molar-refractivity contribution in [3.63, 3.8) is 0 Å². The predicted octanol–water partition coefficient (Wildman–Crippen LogP) is 1.18. The summed E-state index contributed by atoms with van der Waals surface area (Å²) in [6.07, 6.45) is 0. The molecule has 0 aliphatic carbocycles. The van der Waals surface area contributed by atoms with Crippen LogP contribution < -0.4 is 0 Å². The van der Waals surface area contributed by atoms with Crippen molar-refractivity contribution in [3.8, 4) is 0 Å². The molecule has 1 aromatic carbocycles. The van der Waals surface area contributed by atoms with Gasteiger partial charge in [-0.3, -0.25) is 0 Å². The molecule has 0 unspecified atom stereocenters. The minimum absolute atomic E-state index is 0.426. The van der Waals surface area contributed by atoms with Crippen LogP contribution in [0.4, 0.5) is 0 Å². The molecule has 0 heterocycles. The first-order valence-corrected chi connectivity index (χ1v) is 3.59. The van der Waals surface area contributed by atoms with Crippen LogP contribution in [0.3, 0.4) is 0 Å². The lowest BCUT2D eigenvalue weighted by Gasteiger charge is -2.12. The first-order chi connectivity index (χ1) is 4.61. The molecular weight excluding hydrogens is 196 g/mol. The first kappa shape index (κ1) is 7.72. The Morgan fingerprint density at radius 3 is 1.90 bits per heavy atom. The van der Waals surface area contributed by atoms with Gasteiger partial charge in [0.25, 0.3) is 0 Å². The average molecular weight is 203 g/mol. The van der Waals surface area contributed by atoms with E-state index in [4.69, 9.17) is 10.2 Å². The Bertz CT molecular complexity index is 203. The Morgan fingerprint density at radius 2 is 1.60 bits per heavy atom. The monoisotopic (exact) mass is 202 g/mol. The fraction of sp³-hybridized carbons (Fsp3) is 0.143. The highest BCUT2D eigenvalue weighted by molar-refractivity contribution is 9.09. The molecule has 0 atom stereocenters. The molecule has 0 saturated carbocycles. The van der Waals surface area contributed by atoms with Crippen LogP contribution in [0.1, 0.15) is 5.56 Å². The maximum absolute atomic E-state index is 8.96. The molecular formula is C7H7BrO2. The van der Waals surface area contributed by atoms with E-state index in [1.54, 1.807) is 24.3 Å². The van der Waals surface area contributed by atoms with Crippen LogP contribution in [-0.2, 0) is 4.70 Å². The van der Waals surface area contributed by atoms with E-state index in [1.807, 2.05) is 6.07 Å². The molecule has 0 saturated heterocycles. The summed E-state index contributed by atoms with van der Waals surface area (Å²) in [5.74, 6) is 0. The van der Waals surface area contributed by atoms with Crippen LogP contribution in [0, 0.1) is 0 Å². The van der Waals surface area contributed by atoms with Gasteiger partial charge in [0.1, 0.15) is 0 Å². The van der Waals surface area contributed by atoms with Crippen molar-refractivity contribution in [2.75, 3.05) is 0 Å². The number of hydrogen-bond acceptors (Lipinski definition) is 2. The molecule has 0 spiro atoms. The van der Waals surface area contributed by atoms with E-state index in [9.17, 15) is 0 Å². The molecule has 0 bridgehead atoms. The molecule has 0 amide bonds. The van der Waals surface area contributed by atoms with E-state index in [-0.39, 0.29) is 0 Å². The molecule has 1 rings (SSSR count). The summed E-state index contributed by atoms with van der Waals surface area (Å²) in [6, 6.07) is 8.52. The van der Waals surface area contributed by atoms with Gasteiger partial charge in [-0.1, -0.05) is 30.3 Å². The highest BCUT2D eigenvalue weighted by Crippen LogP contribution is 2.23. The second-order valence-corrected chi connectivity index (χ2v) is 3.06. The second kappa shape index (κ2) is 2.70. The normalized spacial score (nSPS) is 11.5. The van der Waals surface area contributed by atoms with Gasteiger partial charge < -0.3 is 10.2 Å². The van der Waals surface area contributed by atoms with Crippen molar-refractivity contribution in [3.05, 3.63) is 35.9 Å². The van der Waals surface area contributed by atoms with Gasteiger partial charge >= 0.3 is 0 Å². The molecule has 1 aromatic rings. The van der Waals surface area contributed by atoms with Gasteiger partial charge in [0.15, 0.2) is 0 Å².